The molecule has 14 heavy (non-hydrogen) atoms. The zero-order valence-corrected chi connectivity index (χ0v) is 9.33. The van der Waals surface area contributed by atoms with Crippen LogP contribution in [0, 0.1) is 11.8 Å². The number of rotatable bonds is 4. The zero-order chi connectivity index (χ0) is 10.6. The largest absolute Gasteiger partial charge is 0.393 e. The predicted molar refractivity (Wildman–Crippen MR) is 57.0 cm³/mol. The number of ketones is 1. The highest BCUT2D eigenvalue weighted by Crippen LogP contribution is 2.31. The van der Waals surface area contributed by atoms with E-state index in [0.717, 1.165) is 25.2 Å². The first-order valence-electron chi connectivity index (χ1n) is 5.84. The third-order valence-electron chi connectivity index (χ3n) is 3.19. The Bertz CT molecular complexity index is 187. The van der Waals surface area contributed by atoms with Crippen LogP contribution in [-0.2, 0) is 4.79 Å². The second kappa shape index (κ2) is 5.50. The lowest BCUT2D eigenvalue weighted by Crippen LogP contribution is -2.27. The van der Waals surface area contributed by atoms with E-state index in [-0.39, 0.29) is 12.0 Å². The van der Waals surface area contributed by atoms with Gasteiger partial charge in [0.2, 0.25) is 0 Å². The molecule has 0 heterocycles. The van der Waals surface area contributed by atoms with E-state index in [0.29, 0.717) is 12.2 Å². The van der Waals surface area contributed by atoms with Crippen molar-refractivity contribution in [2.75, 3.05) is 0 Å². The van der Waals surface area contributed by atoms with Gasteiger partial charge in [0.1, 0.15) is 5.78 Å². The summed E-state index contributed by atoms with van der Waals surface area (Å²) in [5.74, 6) is 1.24. The average molecular weight is 198 g/mol. The molecule has 82 valence electrons. The van der Waals surface area contributed by atoms with Crippen LogP contribution in [0.3, 0.4) is 0 Å². The molecule has 0 aromatic carbocycles. The summed E-state index contributed by atoms with van der Waals surface area (Å²) in [6.07, 6.45) is 5.61. The Morgan fingerprint density at radius 2 is 2.29 bits per heavy atom. The Hall–Kier alpha value is -0.370. The summed E-state index contributed by atoms with van der Waals surface area (Å²) in [7, 11) is 0. The van der Waals surface area contributed by atoms with Crippen molar-refractivity contribution in [3.63, 3.8) is 0 Å². The van der Waals surface area contributed by atoms with E-state index in [9.17, 15) is 9.90 Å². The van der Waals surface area contributed by atoms with Gasteiger partial charge < -0.3 is 5.11 Å². The molecule has 3 unspecified atom stereocenters. The van der Waals surface area contributed by atoms with Gasteiger partial charge in [0.15, 0.2) is 0 Å². The molecule has 0 bridgehead atoms. The summed E-state index contributed by atoms with van der Waals surface area (Å²) in [6.45, 7) is 3.97. The molecule has 0 saturated heterocycles. The minimum atomic E-state index is -0.329. The predicted octanol–water partition coefficient (Wildman–Crippen LogP) is 2.54. The van der Waals surface area contributed by atoms with Crippen LogP contribution in [0.1, 0.15) is 52.4 Å². The Balaban J connectivity index is 2.42. The molecule has 0 radical (unpaired) electrons. The van der Waals surface area contributed by atoms with Crippen LogP contribution < -0.4 is 0 Å². The lowest BCUT2D eigenvalue weighted by molar-refractivity contribution is -0.126. The van der Waals surface area contributed by atoms with Crippen molar-refractivity contribution >= 4 is 5.78 Å². The molecule has 2 nitrogen and oxygen atoms in total. The van der Waals surface area contributed by atoms with Crippen LogP contribution in [0.15, 0.2) is 0 Å². The lowest BCUT2D eigenvalue weighted by Gasteiger charge is -2.28. The van der Waals surface area contributed by atoms with Crippen LogP contribution in [0.5, 0.6) is 0 Å². The molecular formula is C12H22O2. The lowest BCUT2D eigenvalue weighted by atomic mass is 9.76. The Labute approximate surface area is 86.7 Å². The molecule has 0 spiro atoms. The molecular weight excluding hydrogens is 176 g/mol. The first-order chi connectivity index (χ1) is 6.63. The molecule has 1 fully saturated rings. The molecule has 0 amide bonds. The van der Waals surface area contributed by atoms with Gasteiger partial charge in [0.25, 0.3) is 0 Å². The Morgan fingerprint density at radius 1 is 1.57 bits per heavy atom. The highest BCUT2D eigenvalue weighted by atomic mass is 16.3. The third kappa shape index (κ3) is 3.41. The van der Waals surface area contributed by atoms with Crippen molar-refractivity contribution in [2.45, 2.75) is 58.5 Å². The number of aliphatic hydroxyl groups excluding tert-OH is 1. The second-order valence-corrected chi connectivity index (χ2v) is 4.68. The van der Waals surface area contributed by atoms with E-state index in [1.165, 1.54) is 12.8 Å². The van der Waals surface area contributed by atoms with E-state index in [1.54, 1.807) is 6.92 Å². The van der Waals surface area contributed by atoms with Gasteiger partial charge in [-0.3, -0.25) is 4.79 Å². The standard InChI is InChI=1S/C12H22O2/c1-3-4-10-5-6-12(14)11(8-10)7-9(2)13/h9-11,13H,3-8H2,1-2H3. The van der Waals surface area contributed by atoms with Crippen molar-refractivity contribution in [1.29, 1.82) is 0 Å². The van der Waals surface area contributed by atoms with Crippen LogP contribution in [0.2, 0.25) is 0 Å². The number of hydrogen-bond donors (Lipinski definition) is 1. The van der Waals surface area contributed by atoms with Gasteiger partial charge in [-0.1, -0.05) is 19.8 Å². The van der Waals surface area contributed by atoms with Crippen molar-refractivity contribution < 1.29 is 9.90 Å². The average Bonchev–Trinajstić information content (AvgIpc) is 2.10. The van der Waals surface area contributed by atoms with Gasteiger partial charge in [0.05, 0.1) is 6.10 Å². The monoisotopic (exact) mass is 198 g/mol. The number of carbonyl (C=O) groups is 1. The number of carbonyl (C=O) groups excluding carboxylic acids is 1. The maximum atomic E-state index is 11.6. The van der Waals surface area contributed by atoms with Gasteiger partial charge in [-0.15, -0.1) is 0 Å². The second-order valence-electron chi connectivity index (χ2n) is 4.68. The minimum Gasteiger partial charge on any atom is -0.393 e. The number of Topliss-reactive ketones (excluding diaryl/α,β-unsaturated/α-hetero) is 1. The molecule has 0 aromatic heterocycles. The fourth-order valence-corrected chi connectivity index (χ4v) is 2.51. The van der Waals surface area contributed by atoms with E-state index in [4.69, 9.17) is 0 Å². The summed E-state index contributed by atoms with van der Waals surface area (Å²) in [5, 5.41) is 9.29. The van der Waals surface area contributed by atoms with Crippen molar-refractivity contribution in [3.8, 4) is 0 Å². The molecule has 1 aliphatic rings. The third-order valence-corrected chi connectivity index (χ3v) is 3.19. The quantitative estimate of drug-likeness (QED) is 0.753. The molecule has 3 atom stereocenters. The summed E-state index contributed by atoms with van der Waals surface area (Å²) < 4.78 is 0. The first-order valence-corrected chi connectivity index (χ1v) is 5.84. The van der Waals surface area contributed by atoms with Crippen molar-refractivity contribution in [1.82, 2.24) is 0 Å². The zero-order valence-electron chi connectivity index (χ0n) is 9.33. The molecule has 1 N–H and O–H groups in total. The SMILES string of the molecule is CCCC1CCC(=O)C(CC(C)O)C1. The van der Waals surface area contributed by atoms with Crippen LogP contribution in [0.25, 0.3) is 0 Å². The fourth-order valence-electron chi connectivity index (χ4n) is 2.51. The van der Waals surface area contributed by atoms with E-state index in [2.05, 4.69) is 6.92 Å². The normalized spacial score (nSPS) is 30.4. The van der Waals surface area contributed by atoms with Crippen LogP contribution in [0.4, 0.5) is 0 Å². The molecule has 0 aliphatic heterocycles. The summed E-state index contributed by atoms with van der Waals surface area (Å²) in [4.78, 5) is 11.6. The van der Waals surface area contributed by atoms with Crippen LogP contribution in [-0.4, -0.2) is 17.0 Å². The molecule has 1 saturated carbocycles. The van der Waals surface area contributed by atoms with Gasteiger partial charge in [-0.2, -0.15) is 0 Å². The minimum absolute atomic E-state index is 0.139. The molecule has 0 aromatic rings. The smallest absolute Gasteiger partial charge is 0.136 e. The molecule has 1 aliphatic carbocycles. The summed E-state index contributed by atoms with van der Waals surface area (Å²) >= 11 is 0. The van der Waals surface area contributed by atoms with E-state index >= 15 is 0 Å². The maximum absolute atomic E-state index is 11.6. The summed E-state index contributed by atoms with van der Waals surface area (Å²) in [5.41, 5.74) is 0. The van der Waals surface area contributed by atoms with E-state index in [1.807, 2.05) is 0 Å². The Morgan fingerprint density at radius 3 is 2.86 bits per heavy atom. The topological polar surface area (TPSA) is 37.3 Å². The van der Waals surface area contributed by atoms with Crippen molar-refractivity contribution in [3.05, 3.63) is 0 Å². The van der Waals surface area contributed by atoms with Gasteiger partial charge in [-0.05, 0) is 32.1 Å². The van der Waals surface area contributed by atoms with Crippen LogP contribution >= 0.6 is 0 Å². The summed E-state index contributed by atoms with van der Waals surface area (Å²) in [6, 6.07) is 0. The fraction of sp³-hybridized carbons (Fsp3) is 0.917. The Kier molecular flexibility index (Phi) is 4.59. The van der Waals surface area contributed by atoms with Gasteiger partial charge in [-0.25, -0.2) is 0 Å². The highest BCUT2D eigenvalue weighted by Gasteiger charge is 2.28. The number of hydrogen-bond acceptors (Lipinski definition) is 2. The number of aliphatic hydroxyl groups is 1. The maximum Gasteiger partial charge on any atom is 0.136 e. The first kappa shape index (κ1) is 11.7. The van der Waals surface area contributed by atoms with Crippen molar-refractivity contribution in [2.24, 2.45) is 11.8 Å². The highest BCUT2D eigenvalue weighted by molar-refractivity contribution is 5.81. The molecule has 1 rings (SSSR count). The van der Waals surface area contributed by atoms with Gasteiger partial charge >= 0.3 is 0 Å². The van der Waals surface area contributed by atoms with Gasteiger partial charge in [0, 0.05) is 12.3 Å². The van der Waals surface area contributed by atoms with E-state index < -0.39 is 0 Å². The molecule has 2 heteroatoms.